The van der Waals surface area contributed by atoms with Gasteiger partial charge >= 0.3 is 6.18 Å². The van der Waals surface area contributed by atoms with E-state index in [0.717, 1.165) is 17.0 Å². The van der Waals surface area contributed by atoms with Crippen LogP contribution in [0.4, 0.5) is 24.5 Å². The zero-order valence-corrected chi connectivity index (χ0v) is 22.3. The molecule has 0 unspecified atom stereocenters. The lowest BCUT2D eigenvalue weighted by Crippen LogP contribution is -2.44. The number of carbonyl (C=O) groups is 1. The maximum Gasteiger partial charge on any atom is 0.407 e. The standard InChI is InChI=1S/C25H26F3N3O4S2/c1-16(2)37(33,34)19-10-8-18(9-11-19)35-14-6-13-30-23(36)31(22(32)24(30,3)4)17-7-12-21(29-5)20(15-17)25(26,27)28/h7-12,15-16H,6,13-14H2,1-4H3. The summed E-state index contributed by atoms with van der Waals surface area (Å²) >= 11 is 5.47. The van der Waals surface area contributed by atoms with E-state index < -0.39 is 44.0 Å². The van der Waals surface area contributed by atoms with E-state index in [1.54, 1.807) is 44.7 Å². The van der Waals surface area contributed by atoms with Crippen molar-refractivity contribution in [1.29, 1.82) is 0 Å². The molecule has 0 bridgehead atoms. The first kappa shape index (κ1) is 28.4. The number of alkyl halides is 3. The summed E-state index contributed by atoms with van der Waals surface area (Å²) in [7, 11) is -3.39. The number of rotatable bonds is 8. The van der Waals surface area contributed by atoms with Gasteiger partial charge in [0.05, 0.1) is 28.9 Å². The molecular weight excluding hydrogens is 527 g/mol. The number of carbonyl (C=O) groups excluding carboxylic acids is 1. The van der Waals surface area contributed by atoms with E-state index in [2.05, 4.69) is 4.85 Å². The molecule has 0 aromatic heterocycles. The van der Waals surface area contributed by atoms with E-state index in [4.69, 9.17) is 23.5 Å². The zero-order chi connectivity index (χ0) is 27.8. The quantitative estimate of drug-likeness (QED) is 0.240. The van der Waals surface area contributed by atoms with Gasteiger partial charge in [-0.05, 0) is 82.7 Å². The Morgan fingerprint density at radius 2 is 1.76 bits per heavy atom. The predicted octanol–water partition coefficient (Wildman–Crippen LogP) is 5.62. The number of hydrogen-bond acceptors (Lipinski definition) is 5. The minimum absolute atomic E-state index is 0.0573. The fraction of sp³-hybridized carbons (Fsp3) is 0.400. The van der Waals surface area contributed by atoms with Gasteiger partial charge in [0.1, 0.15) is 11.3 Å². The number of anilines is 1. The monoisotopic (exact) mass is 553 g/mol. The van der Waals surface area contributed by atoms with Crippen LogP contribution < -0.4 is 9.64 Å². The summed E-state index contributed by atoms with van der Waals surface area (Å²) < 4.78 is 70.5. The van der Waals surface area contributed by atoms with Crippen molar-refractivity contribution in [2.24, 2.45) is 0 Å². The van der Waals surface area contributed by atoms with Gasteiger partial charge in [0.15, 0.2) is 20.6 Å². The fourth-order valence-corrected chi connectivity index (χ4v) is 5.40. The van der Waals surface area contributed by atoms with E-state index in [9.17, 15) is 26.4 Å². The van der Waals surface area contributed by atoms with Gasteiger partial charge in [-0.1, -0.05) is 6.07 Å². The topological polar surface area (TPSA) is 71.3 Å². The number of nitrogens with zero attached hydrogens (tertiary/aromatic N) is 3. The Labute approximate surface area is 219 Å². The molecular formula is C25H26F3N3O4S2. The summed E-state index contributed by atoms with van der Waals surface area (Å²) in [4.78, 5) is 19.0. The van der Waals surface area contributed by atoms with Crippen molar-refractivity contribution in [2.45, 2.75) is 56.0 Å². The first-order valence-electron chi connectivity index (χ1n) is 11.3. The maximum atomic E-state index is 13.5. The van der Waals surface area contributed by atoms with Crippen LogP contribution in [0.3, 0.4) is 0 Å². The molecule has 12 heteroatoms. The highest BCUT2D eigenvalue weighted by Gasteiger charge is 2.49. The molecule has 37 heavy (non-hydrogen) atoms. The highest BCUT2D eigenvalue weighted by Crippen LogP contribution is 2.40. The number of ether oxygens (including phenoxy) is 1. The van der Waals surface area contributed by atoms with E-state index in [1.807, 2.05) is 0 Å². The number of sulfone groups is 1. The lowest BCUT2D eigenvalue weighted by Gasteiger charge is -2.29. The Morgan fingerprint density at radius 3 is 2.30 bits per heavy atom. The molecule has 0 N–H and O–H groups in total. The van der Waals surface area contributed by atoms with Crippen LogP contribution in [0.5, 0.6) is 5.75 Å². The van der Waals surface area contributed by atoms with E-state index in [0.29, 0.717) is 18.7 Å². The third-order valence-electron chi connectivity index (χ3n) is 6.06. The molecule has 1 heterocycles. The van der Waals surface area contributed by atoms with Crippen LogP contribution in [-0.4, -0.2) is 48.3 Å². The molecule has 0 atom stereocenters. The van der Waals surface area contributed by atoms with Crippen LogP contribution in [-0.2, 0) is 20.8 Å². The van der Waals surface area contributed by atoms with Crippen LogP contribution in [0.25, 0.3) is 4.85 Å². The lowest BCUT2D eigenvalue weighted by molar-refractivity contribution is -0.136. The summed E-state index contributed by atoms with van der Waals surface area (Å²) in [6, 6.07) is 9.17. The van der Waals surface area contributed by atoms with Crippen LogP contribution in [0.1, 0.15) is 39.7 Å². The molecule has 198 valence electrons. The third-order valence-corrected chi connectivity index (χ3v) is 8.63. The molecule has 2 aromatic rings. The van der Waals surface area contributed by atoms with Crippen molar-refractivity contribution in [1.82, 2.24) is 4.90 Å². The minimum atomic E-state index is -4.76. The first-order valence-corrected chi connectivity index (χ1v) is 13.3. The Balaban J connectivity index is 1.70. The second-order valence-electron chi connectivity index (χ2n) is 9.21. The lowest BCUT2D eigenvalue weighted by atomic mass is 10.0. The van der Waals surface area contributed by atoms with Gasteiger partial charge in [-0.15, -0.1) is 0 Å². The SMILES string of the molecule is [C-]#[N+]c1ccc(N2C(=O)C(C)(C)N(CCCOc3ccc(S(=O)(=O)C(C)C)cc3)C2=S)cc1C(F)(F)F. The average Bonchev–Trinajstić information content (AvgIpc) is 2.99. The number of hydrogen-bond donors (Lipinski definition) is 0. The molecule has 1 amide bonds. The molecule has 0 saturated carbocycles. The Hall–Kier alpha value is -3.17. The number of benzene rings is 2. The average molecular weight is 554 g/mol. The minimum Gasteiger partial charge on any atom is -0.494 e. The van der Waals surface area contributed by atoms with Crippen molar-refractivity contribution < 1.29 is 31.1 Å². The molecule has 3 rings (SSSR count). The normalized spacial score (nSPS) is 15.9. The molecule has 1 fully saturated rings. The van der Waals surface area contributed by atoms with E-state index >= 15 is 0 Å². The maximum absolute atomic E-state index is 13.5. The zero-order valence-electron chi connectivity index (χ0n) is 20.7. The molecule has 7 nitrogen and oxygen atoms in total. The van der Waals surface area contributed by atoms with E-state index in [-0.39, 0.29) is 22.3 Å². The summed E-state index contributed by atoms with van der Waals surface area (Å²) in [5, 5.41) is -0.484. The van der Waals surface area contributed by atoms with Crippen molar-refractivity contribution >= 4 is 44.4 Å². The predicted molar refractivity (Wildman–Crippen MR) is 137 cm³/mol. The molecule has 1 aliphatic heterocycles. The summed E-state index contributed by atoms with van der Waals surface area (Å²) in [6.45, 7) is 14.0. The highest BCUT2D eigenvalue weighted by molar-refractivity contribution is 7.92. The van der Waals surface area contributed by atoms with Crippen molar-refractivity contribution in [3.63, 3.8) is 0 Å². The number of amides is 1. The Morgan fingerprint density at radius 1 is 1.14 bits per heavy atom. The van der Waals surface area contributed by atoms with Crippen molar-refractivity contribution in [2.75, 3.05) is 18.1 Å². The Kier molecular flexibility index (Phi) is 7.91. The van der Waals surface area contributed by atoms with Crippen LogP contribution >= 0.6 is 12.2 Å². The number of thiocarbonyl (C=S) groups is 1. The molecule has 0 spiro atoms. The molecule has 0 radical (unpaired) electrons. The second kappa shape index (κ2) is 10.3. The fourth-order valence-electron chi connectivity index (χ4n) is 3.84. The van der Waals surface area contributed by atoms with Gasteiger partial charge in [-0.25, -0.2) is 13.3 Å². The smallest absolute Gasteiger partial charge is 0.407 e. The number of halogens is 3. The highest BCUT2D eigenvalue weighted by atomic mass is 32.2. The van der Waals surface area contributed by atoms with E-state index in [1.165, 1.54) is 18.2 Å². The first-order chi connectivity index (χ1) is 17.1. The molecule has 1 aliphatic rings. The van der Waals surface area contributed by atoms with Crippen LogP contribution in [0, 0.1) is 6.57 Å². The van der Waals surface area contributed by atoms with Gasteiger partial charge in [-0.3, -0.25) is 9.69 Å². The second-order valence-corrected chi connectivity index (χ2v) is 12.1. The largest absolute Gasteiger partial charge is 0.494 e. The van der Waals surface area contributed by atoms with Gasteiger partial charge in [0.25, 0.3) is 5.91 Å². The molecule has 2 aromatic carbocycles. The van der Waals surface area contributed by atoms with Gasteiger partial charge in [0, 0.05) is 12.2 Å². The summed E-state index contributed by atoms with van der Waals surface area (Å²) in [6.07, 6.45) is -4.33. The summed E-state index contributed by atoms with van der Waals surface area (Å²) in [5.74, 6) is -0.00713. The van der Waals surface area contributed by atoms with Crippen LogP contribution in [0.2, 0.25) is 0 Å². The van der Waals surface area contributed by atoms with Crippen LogP contribution in [0.15, 0.2) is 47.4 Å². The molecule has 1 saturated heterocycles. The van der Waals surface area contributed by atoms with Gasteiger partial charge in [-0.2, -0.15) is 13.2 Å². The van der Waals surface area contributed by atoms with Gasteiger partial charge in [0.2, 0.25) is 0 Å². The van der Waals surface area contributed by atoms with Crippen molar-refractivity contribution in [3.8, 4) is 5.75 Å². The van der Waals surface area contributed by atoms with Gasteiger partial charge < -0.3 is 9.64 Å². The summed E-state index contributed by atoms with van der Waals surface area (Å²) in [5.41, 5.74) is -2.86. The Bertz CT molecular complexity index is 1350. The molecule has 0 aliphatic carbocycles. The third kappa shape index (κ3) is 5.57. The van der Waals surface area contributed by atoms with Crippen molar-refractivity contribution in [3.05, 3.63) is 59.4 Å².